The number of hydrogen-bond donors (Lipinski definition) is 1. The molecule has 0 aromatic heterocycles. The zero-order valence-electron chi connectivity index (χ0n) is 10.5. The Morgan fingerprint density at radius 2 is 2.12 bits per heavy atom. The monoisotopic (exact) mass is 275 g/mol. The number of nitrogens with one attached hydrogen (secondary N) is 1. The summed E-state index contributed by atoms with van der Waals surface area (Å²) in [6, 6.07) is 5.49. The normalized spacial score (nSPS) is 14.6. The molecule has 1 rings (SSSR count). The predicted octanol–water partition coefficient (Wildman–Crippen LogP) is 4.27. The molecule has 0 amide bonds. The fourth-order valence-electron chi connectivity index (χ4n) is 1.65. The van der Waals surface area contributed by atoms with E-state index in [9.17, 15) is 4.39 Å². The number of rotatable bonds is 6. The molecule has 1 aromatic rings. The molecule has 0 saturated heterocycles. The summed E-state index contributed by atoms with van der Waals surface area (Å²) in [5, 5.41) is 3.66. The van der Waals surface area contributed by atoms with Crippen molar-refractivity contribution in [2.24, 2.45) is 0 Å². The van der Waals surface area contributed by atoms with Gasteiger partial charge >= 0.3 is 0 Å². The van der Waals surface area contributed by atoms with E-state index in [0.717, 1.165) is 17.1 Å². The van der Waals surface area contributed by atoms with E-state index >= 15 is 0 Å². The lowest BCUT2D eigenvalue weighted by molar-refractivity contribution is 0.510. The Balaban J connectivity index is 2.57. The van der Waals surface area contributed by atoms with Gasteiger partial charge < -0.3 is 5.32 Å². The summed E-state index contributed by atoms with van der Waals surface area (Å²) >= 11 is 7.68. The fraction of sp³-hybridized carbons (Fsp3) is 0.538. The molecule has 0 aliphatic heterocycles. The highest BCUT2D eigenvalue weighted by atomic mass is 35.5. The van der Waals surface area contributed by atoms with Crippen molar-refractivity contribution < 1.29 is 4.39 Å². The van der Waals surface area contributed by atoms with Crippen molar-refractivity contribution in [3.8, 4) is 0 Å². The lowest BCUT2D eigenvalue weighted by atomic mass is 10.1. The molecule has 0 fully saturated rings. The Morgan fingerprint density at radius 3 is 2.71 bits per heavy atom. The van der Waals surface area contributed by atoms with Gasteiger partial charge in [-0.2, -0.15) is 11.8 Å². The molecule has 0 heterocycles. The van der Waals surface area contributed by atoms with Crippen molar-refractivity contribution in [3.05, 3.63) is 34.6 Å². The van der Waals surface area contributed by atoms with Gasteiger partial charge in [-0.1, -0.05) is 24.6 Å². The Kier molecular flexibility index (Phi) is 6.31. The van der Waals surface area contributed by atoms with Crippen LogP contribution in [0.2, 0.25) is 5.02 Å². The molecule has 0 aliphatic rings. The molecule has 0 spiro atoms. The van der Waals surface area contributed by atoms with Gasteiger partial charge in [0.2, 0.25) is 0 Å². The first-order valence-electron chi connectivity index (χ1n) is 5.83. The smallest absolute Gasteiger partial charge is 0.141 e. The summed E-state index contributed by atoms with van der Waals surface area (Å²) in [5.74, 6) is 1.84. The lowest BCUT2D eigenvalue weighted by Crippen LogP contribution is -2.30. The summed E-state index contributed by atoms with van der Waals surface area (Å²) in [6.07, 6.45) is 0. The van der Waals surface area contributed by atoms with Gasteiger partial charge in [-0.05, 0) is 37.3 Å². The highest BCUT2D eigenvalue weighted by Crippen LogP contribution is 2.21. The summed E-state index contributed by atoms with van der Waals surface area (Å²) in [5.41, 5.74) is 1.02. The molecule has 96 valence electrons. The first kappa shape index (κ1) is 14.8. The van der Waals surface area contributed by atoms with Gasteiger partial charge in [-0.25, -0.2) is 4.39 Å². The minimum Gasteiger partial charge on any atom is -0.307 e. The van der Waals surface area contributed by atoms with Gasteiger partial charge in [0.15, 0.2) is 0 Å². The molecule has 1 N–H and O–H groups in total. The molecule has 1 nitrogen and oxygen atoms in total. The van der Waals surface area contributed by atoms with Crippen molar-refractivity contribution in [1.29, 1.82) is 0 Å². The standard InChI is InChI=1S/C13H19ClFNS/c1-4-17-8-9(2)16-10(3)11-5-6-13(15)12(14)7-11/h5-7,9-10,16H,4,8H2,1-3H3. The van der Waals surface area contributed by atoms with Crippen LogP contribution in [0, 0.1) is 5.82 Å². The van der Waals surface area contributed by atoms with Gasteiger partial charge in [0, 0.05) is 17.8 Å². The largest absolute Gasteiger partial charge is 0.307 e. The number of halogens is 2. The first-order chi connectivity index (χ1) is 8.04. The number of thioether (sulfide) groups is 1. The quantitative estimate of drug-likeness (QED) is 0.832. The van der Waals surface area contributed by atoms with Crippen molar-refractivity contribution in [1.82, 2.24) is 5.32 Å². The molecule has 2 unspecified atom stereocenters. The predicted molar refractivity (Wildman–Crippen MR) is 75.4 cm³/mol. The summed E-state index contributed by atoms with van der Waals surface area (Å²) in [4.78, 5) is 0. The van der Waals surface area contributed by atoms with Crippen LogP contribution < -0.4 is 5.32 Å². The van der Waals surface area contributed by atoms with Gasteiger partial charge in [-0.15, -0.1) is 0 Å². The van der Waals surface area contributed by atoms with Crippen molar-refractivity contribution in [2.45, 2.75) is 32.9 Å². The van der Waals surface area contributed by atoms with Crippen LogP contribution in [0.25, 0.3) is 0 Å². The fourth-order valence-corrected chi connectivity index (χ4v) is 2.52. The van der Waals surface area contributed by atoms with E-state index in [-0.39, 0.29) is 16.9 Å². The van der Waals surface area contributed by atoms with Gasteiger partial charge in [0.25, 0.3) is 0 Å². The third-order valence-electron chi connectivity index (χ3n) is 2.55. The molecular weight excluding hydrogens is 257 g/mol. The zero-order valence-corrected chi connectivity index (χ0v) is 12.0. The minimum atomic E-state index is -0.364. The number of hydrogen-bond acceptors (Lipinski definition) is 2. The highest BCUT2D eigenvalue weighted by molar-refractivity contribution is 7.99. The Morgan fingerprint density at radius 1 is 1.41 bits per heavy atom. The summed E-state index contributed by atoms with van der Waals surface area (Å²) in [7, 11) is 0. The zero-order chi connectivity index (χ0) is 12.8. The molecule has 2 atom stereocenters. The average molecular weight is 276 g/mol. The molecule has 4 heteroatoms. The molecule has 0 aliphatic carbocycles. The molecule has 1 aromatic carbocycles. The van der Waals surface area contributed by atoms with Crippen molar-refractivity contribution in [2.75, 3.05) is 11.5 Å². The van der Waals surface area contributed by atoms with E-state index in [1.54, 1.807) is 12.1 Å². The SMILES string of the molecule is CCSCC(C)NC(C)c1ccc(F)c(Cl)c1. The number of benzene rings is 1. The first-order valence-corrected chi connectivity index (χ1v) is 7.36. The van der Waals surface area contributed by atoms with Crippen LogP contribution in [0.3, 0.4) is 0 Å². The van der Waals surface area contributed by atoms with Crippen LogP contribution >= 0.6 is 23.4 Å². The summed E-state index contributed by atoms with van der Waals surface area (Å²) < 4.78 is 13.0. The Hall–Kier alpha value is -0.250. The maximum atomic E-state index is 13.0. The molecule has 0 saturated carbocycles. The lowest BCUT2D eigenvalue weighted by Gasteiger charge is -2.20. The van der Waals surface area contributed by atoms with Crippen LogP contribution in [0.15, 0.2) is 18.2 Å². The second-order valence-electron chi connectivity index (χ2n) is 4.12. The second-order valence-corrected chi connectivity index (χ2v) is 5.85. The minimum absolute atomic E-state index is 0.181. The van der Waals surface area contributed by atoms with E-state index in [2.05, 4.69) is 26.1 Å². The van der Waals surface area contributed by atoms with Crippen LogP contribution in [0.1, 0.15) is 32.4 Å². The van der Waals surface area contributed by atoms with Crippen LogP contribution in [0.4, 0.5) is 4.39 Å². The second kappa shape index (κ2) is 7.24. The molecule has 0 radical (unpaired) electrons. The molecule has 0 bridgehead atoms. The third-order valence-corrected chi connectivity index (χ3v) is 3.98. The van der Waals surface area contributed by atoms with Crippen LogP contribution in [0.5, 0.6) is 0 Å². The van der Waals surface area contributed by atoms with Crippen LogP contribution in [-0.2, 0) is 0 Å². The summed E-state index contributed by atoms with van der Waals surface area (Å²) in [6.45, 7) is 6.38. The van der Waals surface area contributed by atoms with E-state index in [1.165, 1.54) is 6.07 Å². The average Bonchev–Trinajstić information content (AvgIpc) is 2.30. The van der Waals surface area contributed by atoms with E-state index in [1.807, 2.05) is 11.8 Å². The van der Waals surface area contributed by atoms with Crippen molar-refractivity contribution >= 4 is 23.4 Å². The van der Waals surface area contributed by atoms with E-state index < -0.39 is 0 Å². The maximum absolute atomic E-state index is 13.0. The van der Waals surface area contributed by atoms with Gasteiger partial charge in [-0.3, -0.25) is 0 Å². The van der Waals surface area contributed by atoms with Crippen LogP contribution in [-0.4, -0.2) is 17.5 Å². The van der Waals surface area contributed by atoms with E-state index in [0.29, 0.717) is 6.04 Å². The Bertz CT molecular complexity index is 359. The van der Waals surface area contributed by atoms with Gasteiger partial charge in [0.05, 0.1) is 5.02 Å². The van der Waals surface area contributed by atoms with Gasteiger partial charge in [0.1, 0.15) is 5.82 Å². The Labute approximate surface area is 112 Å². The maximum Gasteiger partial charge on any atom is 0.141 e. The highest BCUT2D eigenvalue weighted by Gasteiger charge is 2.11. The molecule has 17 heavy (non-hydrogen) atoms. The van der Waals surface area contributed by atoms with E-state index in [4.69, 9.17) is 11.6 Å². The van der Waals surface area contributed by atoms with Crippen molar-refractivity contribution in [3.63, 3.8) is 0 Å². The topological polar surface area (TPSA) is 12.0 Å². The third kappa shape index (κ3) is 4.86. The molecular formula is C13H19ClFNS.